The largest absolute Gasteiger partial charge is 0.497 e. The molecule has 0 aromatic heterocycles. The Morgan fingerprint density at radius 2 is 2.18 bits per heavy atom. The Kier molecular flexibility index (Phi) is 4.13. The van der Waals surface area contributed by atoms with Crippen LogP contribution >= 0.6 is 15.9 Å². The van der Waals surface area contributed by atoms with Gasteiger partial charge in [0.2, 0.25) is 5.91 Å². The molecule has 1 rings (SSSR count). The number of nitrogens with zero attached hydrogens (tertiary/aromatic N) is 1. The molecular weight excluding hydrogens is 284 g/mol. The number of amides is 1. The van der Waals surface area contributed by atoms with Gasteiger partial charge in [-0.1, -0.05) is 15.9 Å². The Bertz CT molecular complexity index is 472. The third kappa shape index (κ3) is 3.46. The van der Waals surface area contributed by atoms with Crippen molar-refractivity contribution in [2.75, 3.05) is 12.4 Å². The van der Waals surface area contributed by atoms with Gasteiger partial charge in [-0.05, 0) is 32.0 Å². The number of nitriles is 1. The van der Waals surface area contributed by atoms with Crippen LogP contribution in [0.3, 0.4) is 0 Å². The van der Waals surface area contributed by atoms with Crippen LogP contribution in [0.2, 0.25) is 0 Å². The Balaban J connectivity index is 3.01. The van der Waals surface area contributed by atoms with Gasteiger partial charge in [-0.15, -0.1) is 0 Å². The topological polar surface area (TPSA) is 62.1 Å². The zero-order valence-electron chi connectivity index (χ0n) is 9.87. The number of benzene rings is 1. The van der Waals surface area contributed by atoms with Crippen LogP contribution in [0.4, 0.5) is 5.69 Å². The minimum Gasteiger partial charge on any atom is -0.497 e. The molecule has 1 amide bonds. The first-order valence-electron chi connectivity index (χ1n) is 4.97. The van der Waals surface area contributed by atoms with Crippen molar-refractivity contribution in [2.45, 2.75) is 18.2 Å². The zero-order valence-corrected chi connectivity index (χ0v) is 11.5. The van der Waals surface area contributed by atoms with Crippen molar-refractivity contribution < 1.29 is 9.53 Å². The minimum atomic E-state index is -0.681. The SMILES string of the molecule is COc1ccc(NC(=O)C(C)(C)Br)c(C#N)c1. The minimum absolute atomic E-state index is 0.209. The van der Waals surface area contributed by atoms with Crippen molar-refractivity contribution >= 4 is 27.5 Å². The monoisotopic (exact) mass is 296 g/mol. The Hall–Kier alpha value is -1.54. The van der Waals surface area contributed by atoms with E-state index in [1.54, 1.807) is 32.0 Å². The number of hydrogen-bond acceptors (Lipinski definition) is 3. The molecule has 5 heteroatoms. The van der Waals surface area contributed by atoms with Gasteiger partial charge in [0.25, 0.3) is 0 Å². The van der Waals surface area contributed by atoms with Crippen LogP contribution in [0.1, 0.15) is 19.4 Å². The van der Waals surface area contributed by atoms with Crippen LogP contribution in [0.15, 0.2) is 18.2 Å². The number of methoxy groups -OCH3 is 1. The zero-order chi connectivity index (χ0) is 13.1. The molecule has 1 aromatic rings. The quantitative estimate of drug-likeness (QED) is 0.872. The van der Waals surface area contributed by atoms with Crippen LogP contribution in [0.25, 0.3) is 0 Å². The molecule has 0 radical (unpaired) electrons. The summed E-state index contributed by atoms with van der Waals surface area (Å²) >= 11 is 3.26. The molecule has 0 bridgehead atoms. The Morgan fingerprint density at radius 3 is 2.65 bits per heavy atom. The standard InChI is InChI=1S/C12H13BrN2O2/c1-12(2,13)11(16)15-10-5-4-9(17-3)6-8(10)7-14/h4-6H,1-3H3,(H,15,16). The molecule has 0 atom stereocenters. The second-order valence-electron chi connectivity index (χ2n) is 3.95. The highest BCUT2D eigenvalue weighted by molar-refractivity contribution is 9.10. The summed E-state index contributed by atoms with van der Waals surface area (Å²) < 4.78 is 4.33. The first kappa shape index (κ1) is 13.5. The van der Waals surface area contributed by atoms with E-state index in [0.29, 0.717) is 17.0 Å². The summed E-state index contributed by atoms with van der Waals surface area (Å²) in [7, 11) is 1.52. The molecular formula is C12H13BrN2O2. The number of hydrogen-bond donors (Lipinski definition) is 1. The average molecular weight is 297 g/mol. The van der Waals surface area contributed by atoms with Crippen LogP contribution in [-0.2, 0) is 4.79 Å². The summed E-state index contributed by atoms with van der Waals surface area (Å²) in [5.74, 6) is 0.372. The van der Waals surface area contributed by atoms with Gasteiger partial charge in [0.15, 0.2) is 0 Å². The highest BCUT2D eigenvalue weighted by Crippen LogP contribution is 2.24. The third-order valence-corrected chi connectivity index (χ3v) is 2.50. The molecule has 0 saturated carbocycles. The van der Waals surface area contributed by atoms with Crippen molar-refractivity contribution in [3.63, 3.8) is 0 Å². The van der Waals surface area contributed by atoms with Crippen LogP contribution in [0.5, 0.6) is 5.75 Å². The number of ether oxygens (including phenoxy) is 1. The van der Waals surface area contributed by atoms with Crippen LogP contribution in [-0.4, -0.2) is 17.3 Å². The summed E-state index contributed by atoms with van der Waals surface area (Å²) in [6, 6.07) is 6.94. The van der Waals surface area contributed by atoms with Gasteiger partial charge in [-0.3, -0.25) is 4.79 Å². The van der Waals surface area contributed by atoms with Gasteiger partial charge in [0.05, 0.1) is 22.7 Å². The number of nitrogens with one attached hydrogen (secondary N) is 1. The number of rotatable bonds is 3. The lowest BCUT2D eigenvalue weighted by atomic mass is 10.1. The first-order chi connectivity index (χ1) is 7.88. The summed E-state index contributed by atoms with van der Waals surface area (Å²) in [4.78, 5) is 11.8. The summed E-state index contributed by atoms with van der Waals surface area (Å²) in [5, 5.41) is 11.7. The maximum Gasteiger partial charge on any atom is 0.240 e. The summed E-state index contributed by atoms with van der Waals surface area (Å²) in [5.41, 5.74) is 0.847. The van der Waals surface area contributed by atoms with E-state index in [0.717, 1.165) is 0 Å². The number of halogens is 1. The van der Waals surface area contributed by atoms with E-state index in [1.165, 1.54) is 7.11 Å². The van der Waals surface area contributed by atoms with E-state index in [4.69, 9.17) is 10.00 Å². The van der Waals surface area contributed by atoms with E-state index < -0.39 is 4.32 Å². The predicted octanol–water partition coefficient (Wildman–Crippen LogP) is 2.68. The van der Waals surface area contributed by atoms with E-state index in [2.05, 4.69) is 21.2 Å². The van der Waals surface area contributed by atoms with Crippen molar-refractivity contribution in [2.24, 2.45) is 0 Å². The van der Waals surface area contributed by atoms with Gasteiger partial charge in [0.1, 0.15) is 11.8 Å². The van der Waals surface area contributed by atoms with Crippen molar-refractivity contribution in [1.29, 1.82) is 5.26 Å². The molecule has 0 spiro atoms. The number of anilines is 1. The smallest absolute Gasteiger partial charge is 0.240 e. The highest BCUT2D eigenvalue weighted by Gasteiger charge is 2.24. The van der Waals surface area contributed by atoms with E-state index >= 15 is 0 Å². The molecule has 0 fully saturated rings. The fourth-order valence-corrected chi connectivity index (χ4v) is 1.22. The maximum absolute atomic E-state index is 11.8. The maximum atomic E-state index is 11.8. The number of carbonyl (C=O) groups is 1. The molecule has 90 valence electrons. The summed E-state index contributed by atoms with van der Waals surface area (Å²) in [6.45, 7) is 3.47. The molecule has 0 aliphatic rings. The lowest BCUT2D eigenvalue weighted by molar-refractivity contribution is -0.117. The molecule has 0 heterocycles. The molecule has 0 aliphatic heterocycles. The summed E-state index contributed by atoms with van der Waals surface area (Å²) in [6.07, 6.45) is 0. The molecule has 0 saturated heterocycles. The molecule has 4 nitrogen and oxygen atoms in total. The molecule has 1 N–H and O–H groups in total. The lowest BCUT2D eigenvalue weighted by Crippen LogP contribution is -2.31. The van der Waals surface area contributed by atoms with E-state index in [1.807, 2.05) is 6.07 Å². The van der Waals surface area contributed by atoms with Crippen molar-refractivity contribution in [3.8, 4) is 11.8 Å². The second-order valence-corrected chi connectivity index (χ2v) is 5.93. The van der Waals surface area contributed by atoms with Crippen LogP contribution < -0.4 is 10.1 Å². The first-order valence-corrected chi connectivity index (χ1v) is 5.76. The normalized spacial score (nSPS) is 10.5. The van der Waals surface area contributed by atoms with Gasteiger partial charge in [-0.2, -0.15) is 5.26 Å². The number of alkyl halides is 1. The molecule has 0 aliphatic carbocycles. The fourth-order valence-electron chi connectivity index (χ4n) is 1.12. The van der Waals surface area contributed by atoms with Crippen molar-refractivity contribution in [1.82, 2.24) is 0 Å². The van der Waals surface area contributed by atoms with Gasteiger partial charge < -0.3 is 10.1 Å². The van der Waals surface area contributed by atoms with Gasteiger partial charge >= 0.3 is 0 Å². The Labute approximate surface area is 109 Å². The van der Waals surface area contributed by atoms with Gasteiger partial charge in [0, 0.05) is 0 Å². The van der Waals surface area contributed by atoms with E-state index in [-0.39, 0.29) is 5.91 Å². The van der Waals surface area contributed by atoms with E-state index in [9.17, 15) is 4.79 Å². The highest BCUT2D eigenvalue weighted by atomic mass is 79.9. The molecule has 17 heavy (non-hydrogen) atoms. The van der Waals surface area contributed by atoms with Crippen LogP contribution in [0, 0.1) is 11.3 Å². The van der Waals surface area contributed by atoms with Crippen molar-refractivity contribution in [3.05, 3.63) is 23.8 Å². The second kappa shape index (κ2) is 5.19. The fraction of sp³-hybridized carbons (Fsp3) is 0.333. The average Bonchev–Trinajstić information content (AvgIpc) is 2.28. The predicted molar refractivity (Wildman–Crippen MR) is 69.3 cm³/mol. The molecule has 0 unspecified atom stereocenters. The molecule has 1 aromatic carbocycles. The third-order valence-electron chi connectivity index (χ3n) is 2.14. The lowest BCUT2D eigenvalue weighted by Gasteiger charge is -2.16. The van der Waals surface area contributed by atoms with Gasteiger partial charge in [-0.25, -0.2) is 0 Å². The Morgan fingerprint density at radius 1 is 1.53 bits per heavy atom. The number of carbonyl (C=O) groups excluding carboxylic acids is 1.